The topological polar surface area (TPSA) is 78.5 Å². The molecule has 6 heteroatoms. The summed E-state index contributed by atoms with van der Waals surface area (Å²) in [5.74, 6) is -0.570. The van der Waals surface area contributed by atoms with Gasteiger partial charge in [-0.05, 0) is 41.7 Å². The molecule has 27 heavy (non-hydrogen) atoms. The van der Waals surface area contributed by atoms with Crippen LogP contribution in [0.1, 0.15) is 32.6 Å². The molecule has 2 fully saturated rings. The molecule has 1 aliphatic heterocycles. The molecular formula is C21H23N3O3. The van der Waals surface area contributed by atoms with Crippen molar-refractivity contribution in [1.29, 1.82) is 0 Å². The van der Waals surface area contributed by atoms with Crippen molar-refractivity contribution in [3.8, 4) is 0 Å². The highest BCUT2D eigenvalue weighted by Gasteiger charge is 2.55. The summed E-state index contributed by atoms with van der Waals surface area (Å²) < 4.78 is 0. The van der Waals surface area contributed by atoms with E-state index in [1.165, 1.54) is 0 Å². The van der Waals surface area contributed by atoms with Gasteiger partial charge in [0, 0.05) is 5.69 Å². The maximum absolute atomic E-state index is 12.9. The fourth-order valence-electron chi connectivity index (χ4n) is 4.25. The van der Waals surface area contributed by atoms with Gasteiger partial charge >= 0.3 is 6.03 Å². The Labute approximate surface area is 157 Å². The summed E-state index contributed by atoms with van der Waals surface area (Å²) in [5.41, 5.74) is -0.190. The van der Waals surface area contributed by atoms with Crippen LogP contribution in [0.15, 0.2) is 42.5 Å². The number of hydrogen-bond acceptors (Lipinski definition) is 3. The van der Waals surface area contributed by atoms with E-state index in [1.807, 2.05) is 49.4 Å². The van der Waals surface area contributed by atoms with E-state index in [1.54, 1.807) is 0 Å². The number of benzene rings is 2. The van der Waals surface area contributed by atoms with Crippen LogP contribution < -0.4 is 10.6 Å². The maximum Gasteiger partial charge on any atom is 0.325 e. The fraction of sp³-hybridized carbons (Fsp3) is 0.381. The van der Waals surface area contributed by atoms with E-state index in [2.05, 4.69) is 10.6 Å². The second-order valence-corrected chi connectivity index (χ2v) is 7.55. The molecular weight excluding hydrogens is 342 g/mol. The highest BCUT2D eigenvalue weighted by atomic mass is 16.2. The molecule has 6 nitrogen and oxygen atoms in total. The first-order valence-corrected chi connectivity index (χ1v) is 9.42. The van der Waals surface area contributed by atoms with Crippen molar-refractivity contribution in [1.82, 2.24) is 10.2 Å². The van der Waals surface area contributed by atoms with Crippen LogP contribution in [0.2, 0.25) is 0 Å². The minimum absolute atomic E-state index is 0.0799. The number of hydrogen-bond donors (Lipinski definition) is 2. The van der Waals surface area contributed by atoms with E-state index in [-0.39, 0.29) is 24.3 Å². The van der Waals surface area contributed by atoms with Crippen LogP contribution in [-0.4, -0.2) is 34.8 Å². The van der Waals surface area contributed by atoms with Crippen molar-refractivity contribution in [2.45, 2.75) is 38.1 Å². The lowest BCUT2D eigenvalue weighted by atomic mass is 9.73. The first kappa shape index (κ1) is 17.5. The Morgan fingerprint density at radius 3 is 2.74 bits per heavy atom. The Bertz CT molecular complexity index is 926. The molecule has 4 rings (SSSR count). The van der Waals surface area contributed by atoms with Gasteiger partial charge in [0.25, 0.3) is 5.91 Å². The standard InChI is InChI=1S/C21H23N3O3/c1-14-6-4-5-11-21(14)19(26)24(20(27)23-21)13-18(25)22-17-10-9-15-7-2-3-8-16(15)12-17/h2-3,7-10,12,14H,4-6,11,13H2,1H3,(H,22,25)(H,23,27)/t14-,21+/m1/s1. The number of amides is 4. The number of fused-ring (bicyclic) bond motifs is 1. The second-order valence-electron chi connectivity index (χ2n) is 7.55. The minimum Gasteiger partial charge on any atom is -0.325 e. The van der Waals surface area contributed by atoms with E-state index in [4.69, 9.17) is 0 Å². The van der Waals surface area contributed by atoms with E-state index in [9.17, 15) is 14.4 Å². The lowest BCUT2D eigenvalue weighted by Crippen LogP contribution is -2.54. The Morgan fingerprint density at radius 1 is 1.19 bits per heavy atom. The van der Waals surface area contributed by atoms with E-state index in [0.717, 1.165) is 34.9 Å². The van der Waals surface area contributed by atoms with Gasteiger partial charge in [0.2, 0.25) is 5.91 Å². The quantitative estimate of drug-likeness (QED) is 0.820. The minimum atomic E-state index is -0.835. The van der Waals surface area contributed by atoms with Gasteiger partial charge in [-0.25, -0.2) is 4.79 Å². The molecule has 4 amide bonds. The first-order chi connectivity index (χ1) is 13.0. The van der Waals surface area contributed by atoms with E-state index < -0.39 is 11.6 Å². The van der Waals surface area contributed by atoms with Gasteiger partial charge in [-0.15, -0.1) is 0 Å². The average molecular weight is 365 g/mol. The smallest absolute Gasteiger partial charge is 0.325 e. The van der Waals surface area contributed by atoms with Crippen LogP contribution in [0.4, 0.5) is 10.5 Å². The van der Waals surface area contributed by atoms with Gasteiger partial charge in [-0.1, -0.05) is 50.1 Å². The lowest BCUT2D eigenvalue weighted by Gasteiger charge is -2.36. The van der Waals surface area contributed by atoms with E-state index in [0.29, 0.717) is 12.1 Å². The molecule has 140 valence electrons. The number of carbonyl (C=O) groups is 3. The summed E-state index contributed by atoms with van der Waals surface area (Å²) in [5, 5.41) is 7.76. The Kier molecular flexibility index (Phi) is 4.34. The van der Waals surface area contributed by atoms with Crippen molar-refractivity contribution in [3.63, 3.8) is 0 Å². The molecule has 2 aromatic rings. The molecule has 2 aromatic carbocycles. The second kappa shape index (κ2) is 6.68. The van der Waals surface area contributed by atoms with Gasteiger partial charge < -0.3 is 10.6 Å². The third-order valence-electron chi connectivity index (χ3n) is 5.84. The molecule has 1 saturated heterocycles. The molecule has 2 N–H and O–H groups in total. The highest BCUT2D eigenvalue weighted by molar-refractivity contribution is 6.10. The molecule has 0 radical (unpaired) electrons. The number of nitrogens with one attached hydrogen (secondary N) is 2. The zero-order valence-electron chi connectivity index (χ0n) is 15.3. The molecule has 2 aliphatic rings. The molecule has 1 aliphatic carbocycles. The fourth-order valence-corrected chi connectivity index (χ4v) is 4.25. The predicted molar refractivity (Wildman–Crippen MR) is 103 cm³/mol. The third kappa shape index (κ3) is 3.05. The SMILES string of the molecule is C[C@@H]1CCCC[C@]12NC(=O)N(CC(=O)Nc1ccc3ccccc3c1)C2=O. The van der Waals surface area contributed by atoms with Gasteiger partial charge in [0.1, 0.15) is 12.1 Å². The number of nitrogens with zero attached hydrogens (tertiary/aromatic N) is 1. The normalized spacial score (nSPS) is 25.1. The van der Waals surface area contributed by atoms with Crippen molar-refractivity contribution < 1.29 is 14.4 Å². The summed E-state index contributed by atoms with van der Waals surface area (Å²) in [7, 11) is 0. The Balaban J connectivity index is 1.47. The number of imide groups is 1. The highest BCUT2D eigenvalue weighted by Crippen LogP contribution is 2.38. The summed E-state index contributed by atoms with van der Waals surface area (Å²) in [6.45, 7) is 1.72. The summed E-state index contributed by atoms with van der Waals surface area (Å²) in [4.78, 5) is 38.8. The van der Waals surface area contributed by atoms with Crippen LogP contribution in [0.25, 0.3) is 10.8 Å². The number of rotatable bonds is 3. The largest absolute Gasteiger partial charge is 0.325 e. The molecule has 0 aromatic heterocycles. The number of carbonyl (C=O) groups excluding carboxylic acids is 3. The first-order valence-electron chi connectivity index (χ1n) is 9.42. The molecule has 0 unspecified atom stereocenters. The van der Waals surface area contributed by atoms with Gasteiger partial charge in [0.15, 0.2) is 0 Å². The summed E-state index contributed by atoms with van der Waals surface area (Å²) in [6, 6.07) is 13.0. The van der Waals surface area contributed by atoms with Crippen molar-refractivity contribution >= 4 is 34.3 Å². The van der Waals surface area contributed by atoms with Gasteiger partial charge in [-0.2, -0.15) is 0 Å². The summed E-state index contributed by atoms with van der Waals surface area (Å²) in [6.07, 6.45) is 3.52. The number of anilines is 1. The average Bonchev–Trinajstić information content (AvgIpc) is 2.89. The van der Waals surface area contributed by atoms with Crippen molar-refractivity contribution in [2.24, 2.45) is 5.92 Å². The summed E-state index contributed by atoms with van der Waals surface area (Å²) >= 11 is 0. The van der Waals surface area contributed by atoms with Crippen LogP contribution in [0.5, 0.6) is 0 Å². The van der Waals surface area contributed by atoms with E-state index >= 15 is 0 Å². The number of urea groups is 1. The maximum atomic E-state index is 12.9. The van der Waals surface area contributed by atoms with Crippen LogP contribution in [0, 0.1) is 5.92 Å². The zero-order chi connectivity index (χ0) is 19.0. The van der Waals surface area contributed by atoms with Crippen LogP contribution in [-0.2, 0) is 9.59 Å². The Hall–Kier alpha value is -2.89. The Morgan fingerprint density at radius 2 is 1.96 bits per heavy atom. The molecule has 1 heterocycles. The zero-order valence-corrected chi connectivity index (χ0v) is 15.3. The monoisotopic (exact) mass is 365 g/mol. The molecule has 1 saturated carbocycles. The van der Waals surface area contributed by atoms with Crippen molar-refractivity contribution in [3.05, 3.63) is 42.5 Å². The lowest BCUT2D eigenvalue weighted by molar-refractivity contribution is -0.136. The van der Waals surface area contributed by atoms with Crippen LogP contribution >= 0.6 is 0 Å². The van der Waals surface area contributed by atoms with Gasteiger partial charge in [0.05, 0.1) is 0 Å². The third-order valence-corrected chi connectivity index (χ3v) is 5.84. The van der Waals surface area contributed by atoms with Gasteiger partial charge in [-0.3, -0.25) is 14.5 Å². The molecule has 2 atom stereocenters. The predicted octanol–water partition coefficient (Wildman–Crippen LogP) is 3.28. The van der Waals surface area contributed by atoms with Crippen molar-refractivity contribution in [2.75, 3.05) is 11.9 Å². The van der Waals surface area contributed by atoms with Crippen LogP contribution in [0.3, 0.4) is 0 Å². The molecule has 1 spiro atoms. The molecule has 0 bridgehead atoms.